The van der Waals surface area contributed by atoms with E-state index in [9.17, 15) is 13.2 Å². The van der Waals surface area contributed by atoms with E-state index in [1.165, 1.54) is 35.4 Å². The Bertz CT molecular complexity index is 1290. The maximum atomic E-state index is 13.5. The molecule has 35 heavy (non-hydrogen) atoms. The van der Waals surface area contributed by atoms with Gasteiger partial charge >= 0.3 is 0 Å². The van der Waals surface area contributed by atoms with Crippen molar-refractivity contribution >= 4 is 33.2 Å². The number of benzene rings is 3. The third kappa shape index (κ3) is 5.80. The van der Waals surface area contributed by atoms with Crippen LogP contribution in [-0.2, 0) is 27.7 Å². The van der Waals surface area contributed by atoms with Gasteiger partial charge in [-0.05, 0) is 98.3 Å². The molecule has 1 amide bonds. The number of rotatable bonds is 9. The zero-order chi connectivity index (χ0) is 25.0. The molecule has 3 aromatic carbocycles. The largest absolute Gasteiger partial charge is 0.494 e. The molecule has 6 nitrogen and oxygen atoms in total. The minimum atomic E-state index is -4.03. The van der Waals surface area contributed by atoms with Gasteiger partial charge in [0.1, 0.15) is 12.3 Å². The third-order valence-corrected chi connectivity index (χ3v) is 8.16. The Labute approximate surface area is 211 Å². The molecule has 3 aromatic rings. The molecule has 0 radical (unpaired) electrons. The predicted octanol–water partition coefficient (Wildman–Crippen LogP) is 5.30. The smallest absolute Gasteiger partial charge is 0.264 e. The van der Waals surface area contributed by atoms with E-state index in [0.29, 0.717) is 23.1 Å². The average Bonchev–Trinajstić information content (AvgIpc) is 3.31. The van der Waals surface area contributed by atoms with Crippen molar-refractivity contribution < 1.29 is 17.9 Å². The quantitative estimate of drug-likeness (QED) is 0.422. The van der Waals surface area contributed by atoms with Crippen LogP contribution in [0.15, 0.2) is 71.6 Å². The molecule has 0 bridgehead atoms. The number of carbonyl (C=O) groups excluding carboxylic acids is 1. The number of halogens is 1. The number of hydrogen-bond acceptors (Lipinski definition) is 4. The first-order valence-electron chi connectivity index (χ1n) is 11.7. The Balaban J connectivity index is 1.58. The highest BCUT2D eigenvalue weighted by Crippen LogP contribution is 2.28. The first-order valence-corrected chi connectivity index (χ1v) is 13.5. The molecule has 4 rings (SSSR count). The summed E-state index contributed by atoms with van der Waals surface area (Å²) in [7, 11) is -4.03. The number of aryl methyl sites for hydroxylation is 2. The first-order chi connectivity index (χ1) is 16.8. The first kappa shape index (κ1) is 25.1. The summed E-state index contributed by atoms with van der Waals surface area (Å²) >= 11 is 5.95. The van der Waals surface area contributed by atoms with Crippen LogP contribution in [0.1, 0.15) is 43.0 Å². The minimum Gasteiger partial charge on any atom is -0.494 e. The number of fused-ring (bicyclic) bond motifs is 1. The standard InChI is InChI=1S/C27H29ClN2O4S/c1-3-34-25-13-11-24(12-14-25)30(35(32,33)26-15-9-23(28)10-16-26)18-27(31)29-19(2)21-8-7-20-5-4-6-22(20)17-21/h7-17,19H,3-6,18H2,1-2H3,(H,29,31)/t19-/m1/s1. The lowest BCUT2D eigenvalue weighted by Crippen LogP contribution is -2.41. The average molecular weight is 513 g/mol. The molecular weight excluding hydrogens is 484 g/mol. The second kappa shape index (κ2) is 10.7. The number of anilines is 1. The molecule has 1 aliphatic carbocycles. The van der Waals surface area contributed by atoms with Crippen molar-refractivity contribution in [2.75, 3.05) is 17.5 Å². The Hall–Kier alpha value is -3.03. The zero-order valence-electron chi connectivity index (χ0n) is 19.8. The summed E-state index contributed by atoms with van der Waals surface area (Å²) in [5.41, 5.74) is 4.06. The van der Waals surface area contributed by atoms with Crippen LogP contribution in [0.3, 0.4) is 0 Å². The van der Waals surface area contributed by atoms with E-state index in [0.717, 1.165) is 29.1 Å². The number of sulfonamides is 1. The van der Waals surface area contributed by atoms with Gasteiger partial charge < -0.3 is 10.1 Å². The minimum absolute atomic E-state index is 0.0512. The van der Waals surface area contributed by atoms with Crippen LogP contribution in [0.5, 0.6) is 5.75 Å². The lowest BCUT2D eigenvalue weighted by Gasteiger charge is -2.25. The van der Waals surface area contributed by atoms with Gasteiger partial charge in [-0.3, -0.25) is 9.10 Å². The van der Waals surface area contributed by atoms with Gasteiger partial charge in [0, 0.05) is 5.02 Å². The van der Waals surface area contributed by atoms with E-state index in [-0.39, 0.29) is 17.5 Å². The predicted molar refractivity (Wildman–Crippen MR) is 139 cm³/mol. The van der Waals surface area contributed by atoms with Crippen LogP contribution < -0.4 is 14.4 Å². The van der Waals surface area contributed by atoms with Crippen molar-refractivity contribution in [1.82, 2.24) is 5.32 Å². The van der Waals surface area contributed by atoms with Crippen molar-refractivity contribution in [3.63, 3.8) is 0 Å². The summed E-state index contributed by atoms with van der Waals surface area (Å²) in [6.45, 7) is 3.91. The molecule has 1 atom stereocenters. The van der Waals surface area contributed by atoms with Crippen LogP contribution in [0.25, 0.3) is 0 Å². The Morgan fingerprint density at radius 1 is 1.03 bits per heavy atom. The second-order valence-corrected chi connectivity index (χ2v) is 10.9. The molecule has 0 aliphatic heterocycles. The Kier molecular flexibility index (Phi) is 7.67. The molecule has 1 N–H and O–H groups in total. The molecule has 0 saturated heterocycles. The fraction of sp³-hybridized carbons (Fsp3) is 0.296. The number of hydrogen-bond donors (Lipinski definition) is 1. The van der Waals surface area contributed by atoms with Crippen molar-refractivity contribution in [3.05, 3.63) is 88.4 Å². The van der Waals surface area contributed by atoms with Crippen molar-refractivity contribution in [3.8, 4) is 5.75 Å². The number of nitrogens with zero attached hydrogens (tertiary/aromatic N) is 1. The monoisotopic (exact) mass is 512 g/mol. The number of ether oxygens (including phenoxy) is 1. The molecular formula is C27H29ClN2O4S. The Morgan fingerprint density at radius 2 is 1.71 bits per heavy atom. The van der Waals surface area contributed by atoms with Crippen LogP contribution in [0.2, 0.25) is 5.02 Å². The zero-order valence-corrected chi connectivity index (χ0v) is 21.4. The van der Waals surface area contributed by atoms with E-state index in [2.05, 4.69) is 17.4 Å². The molecule has 0 saturated carbocycles. The molecule has 0 fully saturated rings. The summed E-state index contributed by atoms with van der Waals surface area (Å²) < 4.78 is 33.7. The van der Waals surface area contributed by atoms with Crippen LogP contribution in [0.4, 0.5) is 5.69 Å². The van der Waals surface area contributed by atoms with Gasteiger partial charge in [-0.2, -0.15) is 0 Å². The van der Waals surface area contributed by atoms with Gasteiger partial charge in [0.15, 0.2) is 0 Å². The molecule has 0 unspecified atom stereocenters. The summed E-state index contributed by atoms with van der Waals surface area (Å²) in [5.74, 6) is 0.221. The fourth-order valence-electron chi connectivity index (χ4n) is 4.29. The van der Waals surface area contributed by atoms with Crippen LogP contribution >= 0.6 is 11.6 Å². The lowest BCUT2D eigenvalue weighted by atomic mass is 10.0. The fourth-order valence-corrected chi connectivity index (χ4v) is 5.83. The summed E-state index contributed by atoms with van der Waals surface area (Å²) in [6, 6.07) is 18.6. The lowest BCUT2D eigenvalue weighted by molar-refractivity contribution is -0.120. The Morgan fingerprint density at radius 3 is 2.40 bits per heavy atom. The maximum Gasteiger partial charge on any atom is 0.264 e. The van der Waals surface area contributed by atoms with E-state index in [1.807, 2.05) is 19.9 Å². The molecule has 1 aliphatic rings. The molecule has 8 heteroatoms. The highest BCUT2D eigenvalue weighted by molar-refractivity contribution is 7.92. The second-order valence-electron chi connectivity index (χ2n) is 8.56. The van der Waals surface area contributed by atoms with Crippen LogP contribution in [0, 0.1) is 0 Å². The summed E-state index contributed by atoms with van der Waals surface area (Å²) in [6.07, 6.45) is 3.30. The van der Waals surface area contributed by atoms with E-state index < -0.39 is 15.9 Å². The van der Waals surface area contributed by atoms with Crippen molar-refractivity contribution in [2.24, 2.45) is 0 Å². The van der Waals surface area contributed by atoms with Crippen LogP contribution in [-0.4, -0.2) is 27.5 Å². The van der Waals surface area contributed by atoms with Gasteiger partial charge in [0.2, 0.25) is 5.91 Å². The van der Waals surface area contributed by atoms with E-state index >= 15 is 0 Å². The number of carbonyl (C=O) groups is 1. The topological polar surface area (TPSA) is 75.7 Å². The van der Waals surface area contributed by atoms with Gasteiger partial charge in [-0.15, -0.1) is 0 Å². The summed E-state index contributed by atoms with van der Waals surface area (Å²) in [5, 5.41) is 3.39. The van der Waals surface area contributed by atoms with Gasteiger partial charge in [0.05, 0.1) is 23.2 Å². The van der Waals surface area contributed by atoms with Gasteiger partial charge in [-0.25, -0.2) is 8.42 Å². The molecule has 0 spiro atoms. The van der Waals surface area contributed by atoms with Crippen molar-refractivity contribution in [1.29, 1.82) is 0 Å². The summed E-state index contributed by atoms with van der Waals surface area (Å²) in [4.78, 5) is 13.1. The van der Waals surface area contributed by atoms with E-state index in [1.54, 1.807) is 24.3 Å². The van der Waals surface area contributed by atoms with Crippen molar-refractivity contribution in [2.45, 2.75) is 44.0 Å². The van der Waals surface area contributed by atoms with Gasteiger partial charge in [0.25, 0.3) is 10.0 Å². The van der Waals surface area contributed by atoms with E-state index in [4.69, 9.17) is 16.3 Å². The number of amides is 1. The normalized spacial score (nSPS) is 13.7. The maximum absolute atomic E-state index is 13.5. The van der Waals surface area contributed by atoms with Gasteiger partial charge in [-0.1, -0.05) is 29.8 Å². The highest BCUT2D eigenvalue weighted by Gasteiger charge is 2.28. The third-order valence-electron chi connectivity index (χ3n) is 6.12. The SMILES string of the molecule is CCOc1ccc(N(CC(=O)N[C@H](C)c2ccc3c(c2)CCC3)S(=O)(=O)c2ccc(Cl)cc2)cc1. The molecule has 0 heterocycles. The number of nitrogens with one attached hydrogen (secondary N) is 1. The molecule has 184 valence electrons. The molecule has 0 aromatic heterocycles. The highest BCUT2D eigenvalue weighted by atomic mass is 35.5.